The summed E-state index contributed by atoms with van der Waals surface area (Å²) in [6.45, 7) is 0. The topological polar surface area (TPSA) is 63.2 Å². The van der Waals surface area contributed by atoms with Gasteiger partial charge in [0, 0.05) is 23.5 Å². The Morgan fingerprint density at radius 1 is 0.720 bits per heavy atom. The molecule has 134 valence electrons. The molecule has 1 unspecified atom stereocenters. The first-order valence-electron chi connectivity index (χ1n) is 7.41. The van der Waals surface area contributed by atoms with Crippen LogP contribution in [0.4, 0.5) is 0 Å². The minimum absolute atomic E-state index is 0.125. The molecule has 0 aliphatic carbocycles. The lowest BCUT2D eigenvalue weighted by atomic mass is 10.2. The van der Waals surface area contributed by atoms with E-state index in [1.54, 1.807) is 45.6 Å². The molecule has 2 rings (SSSR count). The third-order valence-corrected chi connectivity index (χ3v) is 4.76. The molecule has 0 saturated carbocycles. The first kappa shape index (κ1) is 18.9. The van der Waals surface area contributed by atoms with E-state index in [1.807, 2.05) is 6.07 Å². The summed E-state index contributed by atoms with van der Waals surface area (Å²) in [7, 11) is 7.52. The fourth-order valence-corrected chi connectivity index (χ4v) is 3.40. The van der Waals surface area contributed by atoms with Crippen LogP contribution in [0.2, 0.25) is 0 Å². The van der Waals surface area contributed by atoms with Gasteiger partial charge in [0.2, 0.25) is 0 Å². The first-order valence-corrected chi connectivity index (χ1v) is 8.41. The summed E-state index contributed by atoms with van der Waals surface area (Å²) >= 11 is 0. The van der Waals surface area contributed by atoms with Crippen molar-refractivity contribution in [2.24, 2.45) is 0 Å². The molecule has 2 aromatic carbocycles. The number of carbonyl (C=O) groups is 1. The summed E-state index contributed by atoms with van der Waals surface area (Å²) < 4.78 is 26.5. The third kappa shape index (κ3) is 4.15. The highest BCUT2D eigenvalue weighted by Crippen LogP contribution is 2.38. The van der Waals surface area contributed by atoms with Crippen molar-refractivity contribution in [2.75, 3.05) is 35.5 Å². The van der Waals surface area contributed by atoms with Crippen LogP contribution < -0.4 is 29.0 Å². The summed E-state index contributed by atoms with van der Waals surface area (Å²) in [5.41, 5.74) is 0.252. The van der Waals surface area contributed by atoms with E-state index < -0.39 is 0 Å². The molecule has 6 nitrogen and oxygen atoms in total. The van der Waals surface area contributed by atoms with Crippen molar-refractivity contribution in [2.45, 2.75) is 0 Å². The van der Waals surface area contributed by atoms with Crippen molar-refractivity contribution in [3.8, 4) is 28.7 Å². The van der Waals surface area contributed by atoms with E-state index in [4.69, 9.17) is 23.7 Å². The van der Waals surface area contributed by atoms with E-state index >= 15 is 0 Å². The second-order valence-electron chi connectivity index (χ2n) is 4.93. The van der Waals surface area contributed by atoms with Gasteiger partial charge in [0.15, 0.2) is 5.52 Å². The molecule has 0 fully saturated rings. The number of hydrogen-bond acceptors (Lipinski definition) is 6. The highest BCUT2D eigenvalue weighted by atomic mass is 31.1. The Bertz CT molecular complexity index is 734. The molecule has 0 N–H and O–H groups in total. The van der Waals surface area contributed by atoms with Crippen LogP contribution in [0.15, 0.2) is 30.3 Å². The van der Waals surface area contributed by atoms with Gasteiger partial charge in [-0.25, -0.2) is 0 Å². The van der Waals surface area contributed by atoms with Crippen LogP contribution in [0.25, 0.3) is 0 Å². The maximum atomic E-state index is 12.9. The molecular formula is C18H21O6P. The van der Waals surface area contributed by atoms with Crippen LogP contribution in [-0.2, 0) is 0 Å². The molecular weight excluding hydrogens is 343 g/mol. The zero-order chi connectivity index (χ0) is 18.4. The number of ether oxygens (including phenoxy) is 5. The largest absolute Gasteiger partial charge is 0.497 e. The Balaban J connectivity index is 2.41. The van der Waals surface area contributed by atoms with Crippen LogP contribution in [0.3, 0.4) is 0 Å². The summed E-state index contributed by atoms with van der Waals surface area (Å²) in [5, 5.41) is 0.772. The van der Waals surface area contributed by atoms with Gasteiger partial charge in [0.05, 0.1) is 35.5 Å². The molecule has 0 radical (unpaired) electrons. The molecule has 0 amide bonds. The zero-order valence-corrected chi connectivity index (χ0v) is 15.8. The van der Waals surface area contributed by atoms with Gasteiger partial charge in [-0.15, -0.1) is 0 Å². The predicted molar refractivity (Wildman–Crippen MR) is 97.9 cm³/mol. The minimum atomic E-state index is -0.165. The lowest BCUT2D eigenvalue weighted by Gasteiger charge is -2.15. The maximum Gasteiger partial charge on any atom is 0.193 e. The van der Waals surface area contributed by atoms with Gasteiger partial charge in [-0.1, -0.05) is 0 Å². The normalized spacial score (nSPS) is 10.6. The van der Waals surface area contributed by atoms with Gasteiger partial charge >= 0.3 is 0 Å². The summed E-state index contributed by atoms with van der Waals surface area (Å²) in [6.07, 6.45) is 0. The second-order valence-corrected chi connectivity index (χ2v) is 6.17. The van der Waals surface area contributed by atoms with Crippen LogP contribution >= 0.6 is 8.58 Å². The Kier molecular flexibility index (Phi) is 6.48. The predicted octanol–water partition coefficient (Wildman–Crippen LogP) is 2.87. The zero-order valence-electron chi connectivity index (χ0n) is 14.8. The SMILES string of the molecule is COc1ccc(PC(=O)c2c(OC)cc(OC)cc2OC)c(OC)c1. The van der Waals surface area contributed by atoms with E-state index in [0.29, 0.717) is 34.3 Å². The van der Waals surface area contributed by atoms with E-state index in [9.17, 15) is 4.79 Å². The number of carbonyl (C=O) groups excluding carboxylic acids is 1. The summed E-state index contributed by atoms with van der Waals surface area (Å²) in [4.78, 5) is 12.9. The van der Waals surface area contributed by atoms with Gasteiger partial charge in [-0.05, 0) is 20.7 Å². The van der Waals surface area contributed by atoms with E-state index in [2.05, 4.69) is 0 Å². The lowest BCUT2D eigenvalue weighted by Crippen LogP contribution is -2.08. The summed E-state index contributed by atoms with van der Waals surface area (Å²) in [5.74, 6) is 2.62. The van der Waals surface area contributed by atoms with Gasteiger partial charge in [-0.3, -0.25) is 4.79 Å². The highest BCUT2D eigenvalue weighted by molar-refractivity contribution is 7.66. The van der Waals surface area contributed by atoms with Crippen molar-refractivity contribution >= 4 is 19.4 Å². The number of rotatable bonds is 8. The molecule has 0 spiro atoms. The van der Waals surface area contributed by atoms with Gasteiger partial charge in [0.1, 0.15) is 34.3 Å². The van der Waals surface area contributed by atoms with Crippen molar-refractivity contribution < 1.29 is 28.5 Å². The van der Waals surface area contributed by atoms with Crippen LogP contribution in [0.1, 0.15) is 10.4 Å². The van der Waals surface area contributed by atoms with Crippen LogP contribution in [0, 0.1) is 0 Å². The molecule has 0 aliphatic rings. The minimum Gasteiger partial charge on any atom is -0.497 e. The Hall–Kier alpha value is -2.46. The quantitative estimate of drug-likeness (QED) is 0.671. The Labute approximate surface area is 148 Å². The van der Waals surface area contributed by atoms with E-state index in [0.717, 1.165) is 5.30 Å². The van der Waals surface area contributed by atoms with Crippen LogP contribution in [0.5, 0.6) is 28.7 Å². The van der Waals surface area contributed by atoms with Crippen molar-refractivity contribution in [1.82, 2.24) is 0 Å². The first-order chi connectivity index (χ1) is 12.1. The average molecular weight is 364 g/mol. The fourth-order valence-electron chi connectivity index (χ4n) is 2.32. The number of benzene rings is 2. The van der Waals surface area contributed by atoms with E-state index in [1.165, 1.54) is 14.2 Å². The van der Waals surface area contributed by atoms with Crippen molar-refractivity contribution in [3.63, 3.8) is 0 Å². The fraction of sp³-hybridized carbons (Fsp3) is 0.278. The maximum absolute atomic E-state index is 12.9. The molecule has 7 heteroatoms. The van der Waals surface area contributed by atoms with Gasteiger partial charge in [-0.2, -0.15) is 0 Å². The standard InChI is InChI=1S/C18H21O6P/c1-20-11-6-7-16(13(8-11)22-3)25-18(19)17-14(23-4)9-12(21-2)10-15(17)24-5/h6-10,25H,1-5H3. The lowest BCUT2D eigenvalue weighted by molar-refractivity contribution is 0.108. The Morgan fingerprint density at radius 3 is 1.72 bits per heavy atom. The number of hydrogen-bond donors (Lipinski definition) is 0. The molecule has 0 aromatic heterocycles. The molecule has 0 bridgehead atoms. The van der Waals surface area contributed by atoms with E-state index in [-0.39, 0.29) is 14.1 Å². The molecule has 0 aliphatic heterocycles. The molecule has 1 atom stereocenters. The summed E-state index contributed by atoms with van der Waals surface area (Å²) in [6, 6.07) is 8.67. The van der Waals surface area contributed by atoms with Crippen molar-refractivity contribution in [3.05, 3.63) is 35.9 Å². The smallest absolute Gasteiger partial charge is 0.193 e. The van der Waals surface area contributed by atoms with Crippen molar-refractivity contribution in [1.29, 1.82) is 0 Å². The third-order valence-electron chi connectivity index (χ3n) is 3.60. The monoisotopic (exact) mass is 364 g/mol. The second kappa shape index (κ2) is 8.58. The van der Waals surface area contributed by atoms with Gasteiger partial charge < -0.3 is 23.7 Å². The molecule has 25 heavy (non-hydrogen) atoms. The molecule has 0 heterocycles. The highest BCUT2D eigenvalue weighted by Gasteiger charge is 2.22. The number of methoxy groups -OCH3 is 5. The molecule has 0 saturated heterocycles. The Morgan fingerprint density at radius 2 is 1.24 bits per heavy atom. The molecule has 2 aromatic rings. The average Bonchev–Trinajstić information content (AvgIpc) is 2.66. The van der Waals surface area contributed by atoms with Gasteiger partial charge in [0.25, 0.3) is 0 Å². The van der Waals surface area contributed by atoms with Crippen LogP contribution in [-0.4, -0.2) is 41.1 Å².